The molecule has 1 aromatic carbocycles. The van der Waals surface area contributed by atoms with E-state index in [9.17, 15) is 9.18 Å². The molecule has 0 bridgehead atoms. The number of aliphatic imine (C=N–C) groups is 1. The number of hydrogen-bond donors (Lipinski definition) is 0. The molecule has 0 saturated carbocycles. The van der Waals surface area contributed by atoms with Crippen molar-refractivity contribution in [2.24, 2.45) is 4.99 Å². The standard InChI is InChI=1S/C12H15FNOPS/c1-4-11(14-3)17-12-9(13)5-8(7(2)15)6-10(12)16/h5-6H,4,16H2,1-3H3. The van der Waals surface area contributed by atoms with E-state index in [1.807, 2.05) is 6.92 Å². The normalized spacial score (nSPS) is 11.7. The van der Waals surface area contributed by atoms with Gasteiger partial charge in [-0.05, 0) is 30.8 Å². The molecule has 92 valence electrons. The smallest absolute Gasteiger partial charge is 0.159 e. The van der Waals surface area contributed by atoms with E-state index in [1.165, 1.54) is 24.8 Å². The highest BCUT2D eigenvalue weighted by Gasteiger charge is 2.13. The zero-order valence-corrected chi connectivity index (χ0v) is 12.1. The van der Waals surface area contributed by atoms with E-state index < -0.39 is 0 Å². The molecule has 0 spiro atoms. The zero-order valence-electron chi connectivity index (χ0n) is 10.1. The number of hydrogen-bond acceptors (Lipinski definition) is 3. The van der Waals surface area contributed by atoms with Crippen LogP contribution in [-0.2, 0) is 0 Å². The van der Waals surface area contributed by atoms with Gasteiger partial charge in [-0.2, -0.15) is 0 Å². The molecule has 17 heavy (non-hydrogen) atoms. The summed E-state index contributed by atoms with van der Waals surface area (Å²) in [5.74, 6) is -0.508. The second-order valence-electron chi connectivity index (χ2n) is 3.51. The van der Waals surface area contributed by atoms with Gasteiger partial charge in [-0.25, -0.2) is 4.39 Å². The van der Waals surface area contributed by atoms with Crippen molar-refractivity contribution in [1.29, 1.82) is 0 Å². The minimum Gasteiger partial charge on any atom is -0.295 e. The predicted molar refractivity (Wildman–Crippen MR) is 75.3 cm³/mol. The molecule has 0 radical (unpaired) electrons. The number of carbonyl (C=O) groups is 1. The Hall–Kier alpha value is -0.730. The van der Waals surface area contributed by atoms with Gasteiger partial charge in [0.15, 0.2) is 5.78 Å². The topological polar surface area (TPSA) is 29.4 Å². The quantitative estimate of drug-likeness (QED) is 0.278. The SMILES string of the molecule is CCC(=NC)Sc1c(F)cc(C(C)=O)cc1P. The summed E-state index contributed by atoms with van der Waals surface area (Å²) in [6, 6.07) is 2.96. The molecule has 1 atom stereocenters. The summed E-state index contributed by atoms with van der Waals surface area (Å²) in [6.07, 6.45) is 0.763. The van der Waals surface area contributed by atoms with Gasteiger partial charge in [-0.1, -0.05) is 18.7 Å². The van der Waals surface area contributed by atoms with Crippen LogP contribution in [-0.4, -0.2) is 17.9 Å². The third kappa shape index (κ3) is 3.62. The van der Waals surface area contributed by atoms with E-state index in [4.69, 9.17) is 0 Å². The molecule has 1 unspecified atom stereocenters. The second kappa shape index (κ2) is 6.27. The molecule has 0 N–H and O–H groups in total. The van der Waals surface area contributed by atoms with Gasteiger partial charge in [0.05, 0.1) is 9.94 Å². The molecular formula is C12H15FNOPS. The predicted octanol–water partition coefficient (Wildman–Crippen LogP) is 3.06. The van der Waals surface area contributed by atoms with Crippen molar-refractivity contribution in [3.05, 3.63) is 23.5 Å². The van der Waals surface area contributed by atoms with Gasteiger partial charge in [0.2, 0.25) is 0 Å². The molecule has 0 aliphatic carbocycles. The molecule has 0 aromatic heterocycles. The number of nitrogens with zero attached hydrogens (tertiary/aromatic N) is 1. The lowest BCUT2D eigenvalue weighted by molar-refractivity contribution is 0.101. The lowest BCUT2D eigenvalue weighted by Gasteiger charge is -2.09. The van der Waals surface area contributed by atoms with Crippen LogP contribution in [0.5, 0.6) is 0 Å². The van der Waals surface area contributed by atoms with Crippen LogP contribution < -0.4 is 5.30 Å². The molecule has 1 aromatic rings. The van der Waals surface area contributed by atoms with Crippen molar-refractivity contribution in [3.8, 4) is 0 Å². The highest BCUT2D eigenvalue weighted by Crippen LogP contribution is 2.25. The first-order valence-electron chi connectivity index (χ1n) is 5.23. The summed E-state index contributed by atoms with van der Waals surface area (Å²) in [7, 11) is 4.15. The molecule has 0 amide bonds. The van der Waals surface area contributed by atoms with Crippen molar-refractivity contribution in [2.45, 2.75) is 25.2 Å². The van der Waals surface area contributed by atoms with Crippen LogP contribution in [0, 0.1) is 5.82 Å². The molecule has 0 fully saturated rings. The molecule has 0 aliphatic heterocycles. The number of halogens is 1. The van der Waals surface area contributed by atoms with Gasteiger partial charge in [0.25, 0.3) is 0 Å². The molecule has 0 aliphatic rings. The minimum absolute atomic E-state index is 0.135. The molecule has 1 rings (SSSR count). The Kier molecular flexibility index (Phi) is 5.29. The Morgan fingerprint density at radius 3 is 2.59 bits per heavy atom. The maximum Gasteiger partial charge on any atom is 0.159 e. The lowest BCUT2D eigenvalue weighted by Crippen LogP contribution is -2.06. The van der Waals surface area contributed by atoms with Crippen molar-refractivity contribution < 1.29 is 9.18 Å². The number of benzene rings is 1. The van der Waals surface area contributed by atoms with E-state index in [0.29, 0.717) is 15.8 Å². The lowest BCUT2D eigenvalue weighted by atomic mass is 10.1. The van der Waals surface area contributed by atoms with Crippen LogP contribution in [0.1, 0.15) is 30.6 Å². The van der Waals surface area contributed by atoms with Crippen LogP contribution in [0.4, 0.5) is 4.39 Å². The number of Topliss-reactive ketones (excluding diaryl/α,β-unsaturated/α-hetero) is 1. The van der Waals surface area contributed by atoms with Crippen LogP contribution in [0.2, 0.25) is 0 Å². The van der Waals surface area contributed by atoms with E-state index >= 15 is 0 Å². The molecule has 5 heteroatoms. The largest absolute Gasteiger partial charge is 0.295 e. The third-order valence-corrected chi connectivity index (χ3v) is 4.26. The fraction of sp³-hybridized carbons (Fsp3) is 0.333. The maximum atomic E-state index is 13.9. The van der Waals surface area contributed by atoms with Gasteiger partial charge in [-0.15, -0.1) is 9.24 Å². The molecule has 0 heterocycles. The molecular weight excluding hydrogens is 256 g/mol. The summed E-state index contributed by atoms with van der Waals surface area (Å²) in [6.45, 7) is 3.40. The number of rotatable bonds is 3. The van der Waals surface area contributed by atoms with Gasteiger partial charge in [0.1, 0.15) is 5.82 Å². The Labute approximate surface area is 107 Å². The van der Waals surface area contributed by atoms with Gasteiger partial charge in [-0.3, -0.25) is 9.79 Å². The average Bonchev–Trinajstić information content (AvgIpc) is 2.28. The van der Waals surface area contributed by atoms with Crippen molar-refractivity contribution in [3.63, 3.8) is 0 Å². The summed E-state index contributed by atoms with van der Waals surface area (Å²) >= 11 is 1.31. The van der Waals surface area contributed by atoms with Crippen LogP contribution >= 0.6 is 21.0 Å². The van der Waals surface area contributed by atoms with E-state index in [2.05, 4.69) is 14.2 Å². The number of carbonyl (C=O) groups excluding carboxylic acids is 1. The highest BCUT2D eigenvalue weighted by molar-refractivity contribution is 8.14. The fourth-order valence-corrected chi connectivity index (χ4v) is 2.62. The average molecular weight is 271 g/mol. The summed E-state index contributed by atoms with van der Waals surface area (Å²) < 4.78 is 13.9. The minimum atomic E-state index is -0.373. The Morgan fingerprint density at radius 2 is 2.18 bits per heavy atom. The first-order chi connectivity index (χ1) is 7.99. The number of ketones is 1. The Bertz CT molecular complexity index is 451. The fourth-order valence-electron chi connectivity index (χ4n) is 1.32. The van der Waals surface area contributed by atoms with Gasteiger partial charge in [0, 0.05) is 12.6 Å². The highest BCUT2D eigenvalue weighted by atomic mass is 32.2. The number of thioether (sulfide) groups is 1. The molecule has 2 nitrogen and oxygen atoms in total. The third-order valence-electron chi connectivity index (χ3n) is 2.25. The van der Waals surface area contributed by atoms with Gasteiger partial charge >= 0.3 is 0 Å². The van der Waals surface area contributed by atoms with E-state index in [-0.39, 0.29) is 11.6 Å². The van der Waals surface area contributed by atoms with Crippen LogP contribution in [0.3, 0.4) is 0 Å². The summed E-state index contributed by atoms with van der Waals surface area (Å²) in [4.78, 5) is 15.8. The first-order valence-corrected chi connectivity index (χ1v) is 6.62. The Balaban J connectivity index is 3.14. The Morgan fingerprint density at radius 1 is 1.53 bits per heavy atom. The summed E-state index contributed by atoms with van der Waals surface area (Å²) in [5, 5.41) is 1.55. The summed E-state index contributed by atoms with van der Waals surface area (Å²) in [5.41, 5.74) is 0.392. The second-order valence-corrected chi connectivity index (χ2v) is 5.21. The van der Waals surface area contributed by atoms with Crippen molar-refractivity contribution >= 4 is 37.1 Å². The monoisotopic (exact) mass is 271 g/mol. The zero-order chi connectivity index (χ0) is 13.0. The first kappa shape index (κ1) is 14.3. The maximum absolute atomic E-state index is 13.9. The van der Waals surface area contributed by atoms with E-state index in [1.54, 1.807) is 13.1 Å². The van der Waals surface area contributed by atoms with Crippen LogP contribution in [0.15, 0.2) is 22.0 Å². The molecule has 0 saturated heterocycles. The van der Waals surface area contributed by atoms with E-state index in [0.717, 1.165) is 11.5 Å². The van der Waals surface area contributed by atoms with Crippen molar-refractivity contribution in [2.75, 3.05) is 7.05 Å². The van der Waals surface area contributed by atoms with Gasteiger partial charge < -0.3 is 0 Å². The van der Waals surface area contributed by atoms with Crippen molar-refractivity contribution in [1.82, 2.24) is 0 Å². The van der Waals surface area contributed by atoms with Crippen LogP contribution in [0.25, 0.3) is 0 Å².